The van der Waals surface area contributed by atoms with Crippen LogP contribution in [-0.2, 0) is 9.59 Å². The summed E-state index contributed by atoms with van der Waals surface area (Å²) in [6.07, 6.45) is 4.64. The van der Waals surface area contributed by atoms with E-state index in [2.05, 4.69) is 18.5 Å². The Bertz CT molecular complexity index is 770. The molecule has 0 spiro atoms. The van der Waals surface area contributed by atoms with Crippen molar-refractivity contribution in [3.8, 4) is 11.5 Å². The average Bonchev–Trinajstić information content (AvgIpc) is 2.60. The Labute approximate surface area is 151 Å². The van der Waals surface area contributed by atoms with Gasteiger partial charge in [-0.1, -0.05) is 24.8 Å². The second kappa shape index (κ2) is 8.25. The first-order valence-electron chi connectivity index (χ1n) is 7.43. The molecule has 0 unspecified atom stereocenters. The minimum atomic E-state index is -0.540. The molecule has 0 saturated carbocycles. The zero-order chi connectivity index (χ0) is 18.4. The van der Waals surface area contributed by atoms with E-state index < -0.39 is 11.8 Å². The van der Waals surface area contributed by atoms with E-state index in [1.807, 2.05) is 0 Å². The average molecular weight is 358 g/mol. The Hall–Kier alpha value is -2.93. The van der Waals surface area contributed by atoms with Crippen LogP contribution in [-0.4, -0.2) is 42.1 Å². The Morgan fingerprint density at radius 1 is 1.24 bits per heavy atom. The molecule has 0 aromatic heterocycles. The lowest BCUT2D eigenvalue weighted by Crippen LogP contribution is -2.53. The molecule has 1 heterocycles. The molecule has 1 fully saturated rings. The van der Waals surface area contributed by atoms with Crippen molar-refractivity contribution < 1.29 is 19.1 Å². The summed E-state index contributed by atoms with van der Waals surface area (Å²) in [5.74, 6) is 0.0117. The van der Waals surface area contributed by atoms with Crippen LogP contribution in [0.15, 0.2) is 49.1 Å². The molecule has 0 aliphatic carbocycles. The number of carbonyl (C=O) groups excluding carboxylic acids is 2. The molecule has 1 aliphatic rings. The number of nitrogens with zero attached hydrogens (tertiary/aromatic N) is 1. The van der Waals surface area contributed by atoms with Crippen molar-refractivity contribution in [3.63, 3.8) is 0 Å². The third-order valence-electron chi connectivity index (χ3n) is 3.35. The third-order valence-corrected chi connectivity index (χ3v) is 3.68. The minimum Gasteiger partial charge on any atom is -0.493 e. The summed E-state index contributed by atoms with van der Waals surface area (Å²) in [6, 6.07) is 5.10. The number of carbonyl (C=O) groups is 2. The van der Waals surface area contributed by atoms with Crippen LogP contribution in [0, 0.1) is 0 Å². The van der Waals surface area contributed by atoms with E-state index in [-0.39, 0.29) is 17.2 Å². The molecule has 1 N–H and O–H groups in total. The molecular formula is C18H18N2O4S. The van der Waals surface area contributed by atoms with Crippen molar-refractivity contribution in [2.75, 3.05) is 20.3 Å². The van der Waals surface area contributed by atoms with Gasteiger partial charge in [0, 0.05) is 6.54 Å². The van der Waals surface area contributed by atoms with E-state index >= 15 is 0 Å². The van der Waals surface area contributed by atoms with Crippen LogP contribution in [0.4, 0.5) is 0 Å². The van der Waals surface area contributed by atoms with Crippen LogP contribution in [0.25, 0.3) is 6.08 Å². The second-order valence-corrected chi connectivity index (χ2v) is 5.42. The normalized spacial score (nSPS) is 15.8. The van der Waals surface area contributed by atoms with E-state index in [1.54, 1.807) is 24.3 Å². The molecule has 6 nitrogen and oxygen atoms in total. The number of hydrogen-bond acceptors (Lipinski definition) is 5. The first-order valence-corrected chi connectivity index (χ1v) is 7.84. The molecule has 0 radical (unpaired) electrons. The van der Waals surface area contributed by atoms with Gasteiger partial charge in [0.15, 0.2) is 16.6 Å². The van der Waals surface area contributed by atoms with Gasteiger partial charge in [-0.15, -0.1) is 6.58 Å². The SMILES string of the molecule is C=CCOc1ccc(C=C2C(=O)NC(=S)N(CC=C)C2=O)cc1OC. The van der Waals surface area contributed by atoms with E-state index in [0.717, 1.165) is 0 Å². The maximum atomic E-state index is 12.5. The number of thiocarbonyl (C=S) groups is 1. The fourth-order valence-corrected chi connectivity index (χ4v) is 2.45. The smallest absolute Gasteiger partial charge is 0.265 e. The molecule has 25 heavy (non-hydrogen) atoms. The van der Waals surface area contributed by atoms with E-state index in [0.29, 0.717) is 23.7 Å². The van der Waals surface area contributed by atoms with Gasteiger partial charge in [-0.05, 0) is 36.0 Å². The number of nitrogens with one attached hydrogen (secondary N) is 1. The predicted molar refractivity (Wildman–Crippen MR) is 99.3 cm³/mol. The van der Waals surface area contributed by atoms with Gasteiger partial charge in [0.1, 0.15) is 12.2 Å². The molecule has 7 heteroatoms. The molecule has 0 atom stereocenters. The maximum absolute atomic E-state index is 12.5. The van der Waals surface area contributed by atoms with E-state index in [1.165, 1.54) is 24.2 Å². The number of hydrogen-bond donors (Lipinski definition) is 1. The number of methoxy groups -OCH3 is 1. The monoisotopic (exact) mass is 358 g/mol. The highest BCUT2D eigenvalue weighted by Crippen LogP contribution is 2.29. The lowest BCUT2D eigenvalue weighted by atomic mass is 10.1. The molecule has 1 aromatic rings. The zero-order valence-corrected chi connectivity index (χ0v) is 14.6. The second-order valence-electron chi connectivity index (χ2n) is 5.03. The van der Waals surface area contributed by atoms with Gasteiger partial charge >= 0.3 is 0 Å². The quantitative estimate of drug-likeness (QED) is 0.350. The van der Waals surface area contributed by atoms with Crippen molar-refractivity contribution >= 4 is 35.2 Å². The highest BCUT2D eigenvalue weighted by atomic mass is 32.1. The molecular weight excluding hydrogens is 340 g/mol. The third kappa shape index (κ3) is 4.13. The standard InChI is InChI=1S/C18H18N2O4S/c1-4-8-20-17(22)13(16(21)19-18(20)25)10-12-6-7-14(24-9-5-2)15(11-12)23-3/h4-7,10-11H,1-2,8-9H2,3H3,(H,19,21,25). The summed E-state index contributed by atoms with van der Waals surface area (Å²) in [5.41, 5.74) is 0.602. The summed E-state index contributed by atoms with van der Waals surface area (Å²) in [5, 5.41) is 2.56. The number of ether oxygens (including phenoxy) is 2. The Morgan fingerprint density at radius 2 is 2.00 bits per heavy atom. The van der Waals surface area contributed by atoms with E-state index in [9.17, 15) is 9.59 Å². The van der Waals surface area contributed by atoms with Crippen LogP contribution in [0.3, 0.4) is 0 Å². The van der Waals surface area contributed by atoms with Crippen molar-refractivity contribution in [1.82, 2.24) is 10.2 Å². The topological polar surface area (TPSA) is 67.9 Å². The first kappa shape index (κ1) is 18.4. The highest BCUT2D eigenvalue weighted by Gasteiger charge is 2.32. The van der Waals surface area contributed by atoms with Crippen LogP contribution >= 0.6 is 12.2 Å². The van der Waals surface area contributed by atoms with Crippen LogP contribution in [0.5, 0.6) is 11.5 Å². The van der Waals surface area contributed by atoms with Crippen molar-refractivity contribution in [2.24, 2.45) is 0 Å². The van der Waals surface area contributed by atoms with Gasteiger partial charge in [0.05, 0.1) is 7.11 Å². The largest absolute Gasteiger partial charge is 0.493 e. The Kier molecular flexibility index (Phi) is 6.08. The van der Waals surface area contributed by atoms with Gasteiger partial charge in [-0.3, -0.25) is 19.8 Å². The summed E-state index contributed by atoms with van der Waals surface area (Å²) in [7, 11) is 1.51. The van der Waals surface area contributed by atoms with Crippen molar-refractivity contribution in [3.05, 3.63) is 54.6 Å². The fraction of sp³-hybridized carbons (Fsp3) is 0.167. The van der Waals surface area contributed by atoms with Gasteiger partial charge in [-0.2, -0.15) is 0 Å². The van der Waals surface area contributed by atoms with Gasteiger partial charge < -0.3 is 9.47 Å². The van der Waals surface area contributed by atoms with Crippen LogP contribution < -0.4 is 14.8 Å². The molecule has 130 valence electrons. The van der Waals surface area contributed by atoms with E-state index in [4.69, 9.17) is 21.7 Å². The fourth-order valence-electron chi connectivity index (χ4n) is 2.20. The molecule has 1 aliphatic heterocycles. The molecule has 1 aromatic carbocycles. The Morgan fingerprint density at radius 3 is 2.64 bits per heavy atom. The lowest BCUT2D eigenvalue weighted by Gasteiger charge is -2.27. The lowest BCUT2D eigenvalue weighted by molar-refractivity contribution is -0.128. The van der Waals surface area contributed by atoms with Crippen molar-refractivity contribution in [1.29, 1.82) is 0 Å². The number of rotatable bonds is 7. The van der Waals surface area contributed by atoms with Gasteiger partial charge in [-0.25, -0.2) is 0 Å². The maximum Gasteiger partial charge on any atom is 0.265 e. The number of benzene rings is 1. The van der Waals surface area contributed by atoms with Gasteiger partial charge in [0.2, 0.25) is 0 Å². The van der Waals surface area contributed by atoms with Gasteiger partial charge in [0.25, 0.3) is 11.8 Å². The molecule has 2 amide bonds. The van der Waals surface area contributed by atoms with Crippen LogP contribution in [0.2, 0.25) is 0 Å². The molecule has 0 bridgehead atoms. The Balaban J connectivity index is 2.35. The summed E-state index contributed by atoms with van der Waals surface area (Å²) in [6.45, 7) is 7.73. The first-order chi connectivity index (χ1) is 12.0. The molecule has 2 rings (SSSR count). The van der Waals surface area contributed by atoms with Crippen LogP contribution in [0.1, 0.15) is 5.56 Å². The summed E-state index contributed by atoms with van der Waals surface area (Å²) in [4.78, 5) is 25.9. The predicted octanol–water partition coefficient (Wildman–Crippen LogP) is 2.07. The number of amides is 2. The summed E-state index contributed by atoms with van der Waals surface area (Å²) < 4.78 is 10.8. The van der Waals surface area contributed by atoms with Crippen molar-refractivity contribution in [2.45, 2.75) is 0 Å². The summed E-state index contributed by atoms with van der Waals surface area (Å²) >= 11 is 5.02. The minimum absolute atomic E-state index is 0.0164. The zero-order valence-electron chi connectivity index (χ0n) is 13.8. The highest BCUT2D eigenvalue weighted by molar-refractivity contribution is 7.80. The molecule has 1 saturated heterocycles.